The van der Waals surface area contributed by atoms with Crippen molar-refractivity contribution in [3.8, 4) is 0 Å². The summed E-state index contributed by atoms with van der Waals surface area (Å²) < 4.78 is 35.6. The molecule has 0 unspecified atom stereocenters. The molecule has 3 rings (SSSR count). The van der Waals surface area contributed by atoms with Crippen LogP contribution in [0.3, 0.4) is 0 Å². The summed E-state index contributed by atoms with van der Waals surface area (Å²) in [6.07, 6.45) is 12.7. The van der Waals surface area contributed by atoms with Crippen molar-refractivity contribution in [3.63, 3.8) is 0 Å². The molecule has 3 aliphatic heterocycles. The first-order chi connectivity index (χ1) is 26.7. The number of aliphatic hydroxyl groups excluding tert-OH is 7. The quantitative estimate of drug-likeness (QED) is 0.0488. The van der Waals surface area contributed by atoms with Gasteiger partial charge >= 0.3 is 0 Å². The van der Waals surface area contributed by atoms with E-state index in [9.17, 15) is 40.5 Å². The van der Waals surface area contributed by atoms with Gasteiger partial charge in [-0.1, -0.05) is 68.4 Å². The SMILES string of the molecule is CCCCC/C=C\C/C=C\C/C=C\C/C=C\CCCC(=O)NCCO[C@@H]1O[C@H](CO)C[C@H](O[C@@H]2O[C@H](CO)C[C@H](O)[C@H]2O)[C@H]1O[C@H]1C[C@@H](O)[C@H](O)[C@@H](CO)O1. The summed E-state index contributed by atoms with van der Waals surface area (Å²) in [4.78, 5) is 12.5. The number of carbonyl (C=O) groups excluding carboxylic acids is 1. The summed E-state index contributed by atoms with van der Waals surface area (Å²) in [5.74, 6) is -0.148. The number of hydrogen-bond donors (Lipinski definition) is 8. The van der Waals surface area contributed by atoms with Gasteiger partial charge in [0.25, 0.3) is 0 Å². The van der Waals surface area contributed by atoms with Crippen molar-refractivity contribution >= 4 is 5.91 Å². The van der Waals surface area contributed by atoms with Crippen LogP contribution in [0.5, 0.6) is 0 Å². The van der Waals surface area contributed by atoms with E-state index in [2.05, 4.69) is 60.8 Å². The van der Waals surface area contributed by atoms with Crippen LogP contribution in [-0.2, 0) is 33.2 Å². The summed E-state index contributed by atoms with van der Waals surface area (Å²) in [5, 5.41) is 73.7. The fourth-order valence-corrected chi connectivity index (χ4v) is 6.47. The van der Waals surface area contributed by atoms with Crippen molar-refractivity contribution in [2.24, 2.45) is 0 Å². The summed E-state index contributed by atoms with van der Waals surface area (Å²) in [5.41, 5.74) is 0. The highest BCUT2D eigenvalue weighted by Gasteiger charge is 2.48. The van der Waals surface area contributed by atoms with Crippen molar-refractivity contribution in [2.45, 2.75) is 164 Å². The van der Waals surface area contributed by atoms with Crippen molar-refractivity contribution in [1.82, 2.24) is 5.32 Å². The summed E-state index contributed by atoms with van der Waals surface area (Å²) in [6.45, 7) is 0.909. The van der Waals surface area contributed by atoms with Gasteiger partial charge in [-0.2, -0.15) is 0 Å². The molecule has 8 N–H and O–H groups in total. The molecule has 0 bridgehead atoms. The van der Waals surface area contributed by atoms with Crippen LogP contribution in [0.4, 0.5) is 0 Å². The van der Waals surface area contributed by atoms with E-state index in [-0.39, 0.29) is 38.3 Å². The lowest BCUT2D eigenvalue weighted by atomic mass is 9.99. The summed E-state index contributed by atoms with van der Waals surface area (Å²) in [6, 6.07) is 0. The second-order valence-corrected chi connectivity index (χ2v) is 14.2. The number of rotatable bonds is 25. The Hall–Kier alpha value is -2.09. The molecule has 55 heavy (non-hydrogen) atoms. The molecule has 0 aromatic carbocycles. The van der Waals surface area contributed by atoms with Crippen LogP contribution < -0.4 is 5.32 Å². The van der Waals surface area contributed by atoms with Crippen molar-refractivity contribution in [2.75, 3.05) is 33.0 Å². The minimum atomic E-state index is -1.46. The minimum absolute atomic E-state index is 0.00876. The third kappa shape index (κ3) is 17.5. The molecule has 15 heteroatoms. The van der Waals surface area contributed by atoms with E-state index in [1.165, 1.54) is 19.3 Å². The van der Waals surface area contributed by atoms with Crippen molar-refractivity contribution in [3.05, 3.63) is 48.6 Å². The molecule has 3 heterocycles. The van der Waals surface area contributed by atoms with Gasteiger partial charge in [-0.3, -0.25) is 4.79 Å². The number of aliphatic hydroxyl groups is 7. The van der Waals surface area contributed by atoms with Gasteiger partial charge in [-0.05, 0) is 44.9 Å². The van der Waals surface area contributed by atoms with Gasteiger partial charge < -0.3 is 69.5 Å². The molecular formula is C40H67NO14. The zero-order valence-corrected chi connectivity index (χ0v) is 32.3. The maximum Gasteiger partial charge on any atom is 0.220 e. The summed E-state index contributed by atoms with van der Waals surface area (Å²) >= 11 is 0. The Kier molecular flexibility index (Phi) is 23.7. The Labute approximate surface area is 325 Å². The van der Waals surface area contributed by atoms with E-state index >= 15 is 0 Å². The second kappa shape index (κ2) is 27.5. The van der Waals surface area contributed by atoms with E-state index in [4.69, 9.17) is 28.4 Å². The van der Waals surface area contributed by atoms with Gasteiger partial charge in [0, 0.05) is 32.2 Å². The van der Waals surface area contributed by atoms with Crippen molar-refractivity contribution in [1.29, 1.82) is 0 Å². The Morgan fingerprint density at radius 1 is 0.691 bits per heavy atom. The van der Waals surface area contributed by atoms with Crippen LogP contribution in [0.1, 0.15) is 90.4 Å². The number of nitrogens with one attached hydrogen (secondary N) is 1. The normalized spacial score (nSPS) is 33.4. The molecule has 0 spiro atoms. The van der Waals surface area contributed by atoms with Gasteiger partial charge in [0.1, 0.15) is 24.4 Å². The van der Waals surface area contributed by atoms with E-state index in [0.717, 1.165) is 32.1 Å². The molecule has 0 aliphatic carbocycles. The molecule has 0 aromatic heterocycles. The largest absolute Gasteiger partial charge is 0.394 e. The van der Waals surface area contributed by atoms with Gasteiger partial charge in [-0.15, -0.1) is 0 Å². The highest BCUT2D eigenvalue weighted by molar-refractivity contribution is 5.75. The van der Waals surface area contributed by atoms with E-state index in [0.29, 0.717) is 12.8 Å². The Morgan fingerprint density at radius 3 is 1.93 bits per heavy atom. The van der Waals surface area contributed by atoms with E-state index in [1.807, 2.05) is 0 Å². The maximum absolute atomic E-state index is 12.5. The van der Waals surface area contributed by atoms with Gasteiger partial charge in [-0.25, -0.2) is 0 Å². The van der Waals surface area contributed by atoms with E-state index < -0.39 is 93.6 Å². The Balaban J connectivity index is 1.45. The van der Waals surface area contributed by atoms with Crippen LogP contribution in [0.15, 0.2) is 48.6 Å². The highest BCUT2D eigenvalue weighted by atomic mass is 16.8. The lowest BCUT2D eigenvalue weighted by molar-refractivity contribution is -0.362. The predicted molar refractivity (Wildman–Crippen MR) is 202 cm³/mol. The second-order valence-electron chi connectivity index (χ2n) is 14.2. The van der Waals surface area contributed by atoms with Crippen LogP contribution >= 0.6 is 0 Å². The first kappa shape index (κ1) is 47.3. The number of unbranched alkanes of at least 4 members (excludes halogenated alkanes) is 4. The lowest BCUT2D eigenvalue weighted by Crippen LogP contribution is -2.59. The van der Waals surface area contributed by atoms with Crippen molar-refractivity contribution < 1.29 is 69.0 Å². The topological polar surface area (TPSA) is 226 Å². The number of carbonyl (C=O) groups is 1. The zero-order chi connectivity index (χ0) is 39.8. The molecular weight excluding hydrogens is 718 g/mol. The molecule has 1 amide bonds. The fraction of sp³-hybridized carbons (Fsp3) is 0.775. The molecule has 0 saturated carbocycles. The minimum Gasteiger partial charge on any atom is -0.394 e. The molecule has 12 atom stereocenters. The third-order valence-corrected chi connectivity index (χ3v) is 9.64. The van der Waals surface area contributed by atoms with Crippen LogP contribution in [0, 0.1) is 0 Å². The van der Waals surface area contributed by atoms with Crippen LogP contribution in [0.2, 0.25) is 0 Å². The van der Waals surface area contributed by atoms with Crippen LogP contribution in [0.25, 0.3) is 0 Å². The van der Waals surface area contributed by atoms with E-state index in [1.54, 1.807) is 0 Å². The molecule has 3 fully saturated rings. The van der Waals surface area contributed by atoms with Gasteiger partial charge in [0.2, 0.25) is 5.91 Å². The first-order valence-electron chi connectivity index (χ1n) is 20.0. The number of hydrogen-bond acceptors (Lipinski definition) is 14. The monoisotopic (exact) mass is 785 g/mol. The summed E-state index contributed by atoms with van der Waals surface area (Å²) in [7, 11) is 0. The molecule has 3 aliphatic rings. The van der Waals surface area contributed by atoms with Gasteiger partial charge in [0.15, 0.2) is 18.9 Å². The Bertz CT molecular complexity index is 1150. The first-order valence-corrected chi connectivity index (χ1v) is 20.0. The highest BCUT2D eigenvalue weighted by Crippen LogP contribution is 2.33. The molecule has 15 nitrogen and oxygen atoms in total. The molecule has 0 aromatic rings. The molecule has 0 radical (unpaired) electrons. The predicted octanol–water partition coefficient (Wildman–Crippen LogP) is 1.80. The average molecular weight is 786 g/mol. The standard InChI is InChI=1S/C40H67NO14/c1-2-3-4-5-6-7-8-9-10-11-12-13-14-15-16-17-18-19-34(47)41-20-21-50-40-38(55-35-24-31(46)36(48)33(27-44)53-35)32(23-29(26-43)52-40)54-39-37(49)30(45)22-28(25-42)51-39/h6-7,9-10,12-13,15-16,28-33,35-40,42-46,48-49H,2-5,8,11,14,17-27H2,1H3,(H,41,47)/b7-6-,10-9-,13-12-,16-15-/t28-,29-,30-,31+,32-,33+,35-,36-,37+,38+,39-,40+/m0/s1. The zero-order valence-electron chi connectivity index (χ0n) is 32.3. The fourth-order valence-electron chi connectivity index (χ4n) is 6.47. The maximum atomic E-state index is 12.5. The molecule has 3 saturated heterocycles. The molecule has 316 valence electrons. The Morgan fingerprint density at radius 2 is 1.29 bits per heavy atom. The average Bonchev–Trinajstić information content (AvgIpc) is 3.18. The van der Waals surface area contributed by atoms with Gasteiger partial charge in [0.05, 0.1) is 56.9 Å². The third-order valence-electron chi connectivity index (χ3n) is 9.64. The lowest BCUT2D eigenvalue weighted by Gasteiger charge is -2.46. The number of allylic oxidation sites excluding steroid dienone is 8. The number of ether oxygens (including phenoxy) is 6. The smallest absolute Gasteiger partial charge is 0.220 e. The number of amides is 1. The van der Waals surface area contributed by atoms with Crippen LogP contribution in [-0.4, -0.2) is 148 Å².